The Morgan fingerprint density at radius 2 is 1.82 bits per heavy atom. The van der Waals surface area contributed by atoms with Crippen LogP contribution >= 0.6 is 27.5 Å². The normalized spacial score (nSPS) is 11.2. The molecule has 1 N–H and O–H groups in total. The van der Waals surface area contributed by atoms with Crippen molar-refractivity contribution in [3.8, 4) is 5.75 Å². The second-order valence-electron chi connectivity index (χ2n) is 4.49. The van der Waals surface area contributed by atoms with Gasteiger partial charge in [0.25, 0.3) is 5.91 Å². The molecule has 2 aromatic carbocycles. The Kier molecular flexibility index (Phi) is 5.57. The molecule has 114 valence electrons. The van der Waals surface area contributed by atoms with Gasteiger partial charge in [-0.1, -0.05) is 23.7 Å². The summed E-state index contributed by atoms with van der Waals surface area (Å²) in [5.74, 6) is 0.370. The van der Waals surface area contributed by atoms with Crippen LogP contribution in [0.5, 0.6) is 5.75 Å². The second-order valence-corrected chi connectivity index (χ2v) is 5.79. The van der Waals surface area contributed by atoms with Gasteiger partial charge in [-0.25, -0.2) is 5.43 Å². The van der Waals surface area contributed by atoms with E-state index in [9.17, 15) is 4.79 Å². The molecule has 0 aliphatic heterocycles. The molecule has 0 fully saturated rings. The Labute approximate surface area is 142 Å². The first-order chi connectivity index (χ1) is 10.5. The van der Waals surface area contributed by atoms with Gasteiger partial charge >= 0.3 is 0 Å². The lowest BCUT2D eigenvalue weighted by Gasteiger charge is -2.06. The van der Waals surface area contributed by atoms with Crippen molar-refractivity contribution in [1.29, 1.82) is 0 Å². The third kappa shape index (κ3) is 4.08. The van der Waals surface area contributed by atoms with E-state index in [2.05, 4.69) is 26.5 Å². The van der Waals surface area contributed by atoms with Crippen LogP contribution in [0.4, 0.5) is 0 Å². The number of hydrogen-bond acceptors (Lipinski definition) is 3. The lowest BCUT2D eigenvalue weighted by Crippen LogP contribution is -2.19. The van der Waals surface area contributed by atoms with Gasteiger partial charge in [0.2, 0.25) is 0 Å². The minimum Gasteiger partial charge on any atom is -0.496 e. The highest BCUT2D eigenvalue weighted by Gasteiger charge is 2.08. The van der Waals surface area contributed by atoms with Gasteiger partial charge < -0.3 is 4.74 Å². The van der Waals surface area contributed by atoms with Crippen LogP contribution in [0.2, 0.25) is 5.02 Å². The zero-order valence-corrected chi connectivity index (χ0v) is 14.4. The van der Waals surface area contributed by atoms with Gasteiger partial charge in [-0.2, -0.15) is 5.10 Å². The highest BCUT2D eigenvalue weighted by atomic mass is 79.9. The lowest BCUT2D eigenvalue weighted by molar-refractivity contribution is 0.0954. The molecular weight excluding hydrogens is 368 g/mol. The number of hydrogen-bond donors (Lipinski definition) is 1. The van der Waals surface area contributed by atoms with Crippen LogP contribution in [0.1, 0.15) is 22.8 Å². The zero-order chi connectivity index (χ0) is 16.1. The third-order valence-corrected chi connectivity index (χ3v) is 3.87. The van der Waals surface area contributed by atoms with E-state index in [1.165, 1.54) is 0 Å². The SMILES string of the molecule is COc1ccc(C(=O)N/N=C(\C)c2ccc(Cl)cc2)cc1Br. The first-order valence-corrected chi connectivity index (χ1v) is 7.62. The van der Waals surface area contributed by atoms with E-state index >= 15 is 0 Å². The number of carbonyl (C=O) groups excluding carboxylic acids is 1. The van der Waals surface area contributed by atoms with Crippen molar-refractivity contribution in [1.82, 2.24) is 5.43 Å². The first-order valence-electron chi connectivity index (χ1n) is 6.45. The maximum atomic E-state index is 12.1. The molecule has 0 radical (unpaired) electrons. The highest BCUT2D eigenvalue weighted by Crippen LogP contribution is 2.25. The van der Waals surface area contributed by atoms with E-state index in [-0.39, 0.29) is 5.91 Å². The molecule has 0 spiro atoms. The Bertz CT molecular complexity index is 715. The number of halogens is 2. The van der Waals surface area contributed by atoms with Crippen molar-refractivity contribution >= 4 is 39.1 Å². The molecule has 6 heteroatoms. The van der Waals surface area contributed by atoms with Crippen LogP contribution in [0, 0.1) is 0 Å². The molecule has 0 aliphatic rings. The molecule has 1 amide bonds. The maximum absolute atomic E-state index is 12.1. The van der Waals surface area contributed by atoms with E-state index in [0.717, 1.165) is 5.56 Å². The number of hydrazone groups is 1. The van der Waals surface area contributed by atoms with Crippen LogP contribution in [-0.4, -0.2) is 18.7 Å². The number of rotatable bonds is 4. The molecule has 0 saturated carbocycles. The predicted octanol–water partition coefficient (Wildman–Crippen LogP) is 4.27. The van der Waals surface area contributed by atoms with Crippen molar-refractivity contribution in [2.75, 3.05) is 7.11 Å². The summed E-state index contributed by atoms with van der Waals surface area (Å²) in [6, 6.07) is 12.3. The predicted molar refractivity (Wildman–Crippen MR) is 91.8 cm³/mol. The fourth-order valence-corrected chi connectivity index (χ4v) is 2.43. The summed E-state index contributed by atoms with van der Waals surface area (Å²) in [5, 5.41) is 4.76. The van der Waals surface area contributed by atoms with E-state index in [4.69, 9.17) is 16.3 Å². The van der Waals surface area contributed by atoms with Gasteiger partial charge in [-0.05, 0) is 58.7 Å². The van der Waals surface area contributed by atoms with E-state index in [1.807, 2.05) is 19.1 Å². The summed E-state index contributed by atoms with van der Waals surface area (Å²) in [6.07, 6.45) is 0. The second kappa shape index (κ2) is 7.42. The summed E-state index contributed by atoms with van der Waals surface area (Å²) in [6.45, 7) is 1.81. The number of benzene rings is 2. The molecule has 0 aliphatic carbocycles. The smallest absolute Gasteiger partial charge is 0.271 e. The minimum absolute atomic E-state index is 0.295. The Hall–Kier alpha value is -1.85. The summed E-state index contributed by atoms with van der Waals surface area (Å²) < 4.78 is 5.84. The lowest BCUT2D eigenvalue weighted by atomic mass is 10.1. The third-order valence-electron chi connectivity index (χ3n) is 3.00. The largest absolute Gasteiger partial charge is 0.496 e. The molecule has 0 atom stereocenters. The van der Waals surface area contributed by atoms with Gasteiger partial charge in [0.05, 0.1) is 17.3 Å². The van der Waals surface area contributed by atoms with Crippen LogP contribution in [-0.2, 0) is 0 Å². The fourth-order valence-electron chi connectivity index (χ4n) is 1.76. The Morgan fingerprint density at radius 1 is 1.18 bits per heavy atom. The molecule has 0 bridgehead atoms. The molecule has 0 heterocycles. The standard InChI is InChI=1S/C16H14BrClN2O2/c1-10(11-3-6-13(18)7-4-11)19-20-16(21)12-5-8-15(22-2)14(17)9-12/h3-9H,1-2H3,(H,20,21)/b19-10+. The van der Waals surface area contributed by atoms with Crippen LogP contribution in [0.15, 0.2) is 52.0 Å². The number of ether oxygens (including phenoxy) is 1. The van der Waals surface area contributed by atoms with E-state index in [1.54, 1.807) is 37.4 Å². The highest BCUT2D eigenvalue weighted by molar-refractivity contribution is 9.10. The summed E-state index contributed by atoms with van der Waals surface area (Å²) in [7, 11) is 1.57. The first kappa shape index (κ1) is 16.5. The topological polar surface area (TPSA) is 50.7 Å². The van der Waals surface area contributed by atoms with Crippen molar-refractivity contribution in [3.63, 3.8) is 0 Å². The quantitative estimate of drug-likeness (QED) is 0.635. The molecular formula is C16H14BrClN2O2. The molecule has 0 saturated heterocycles. The zero-order valence-electron chi connectivity index (χ0n) is 12.1. The van der Waals surface area contributed by atoms with E-state index in [0.29, 0.717) is 26.5 Å². The van der Waals surface area contributed by atoms with Crippen molar-refractivity contribution in [2.24, 2.45) is 5.10 Å². The molecule has 2 rings (SSSR count). The molecule has 2 aromatic rings. The van der Waals surface area contributed by atoms with E-state index < -0.39 is 0 Å². The average molecular weight is 382 g/mol. The fraction of sp³-hybridized carbons (Fsp3) is 0.125. The maximum Gasteiger partial charge on any atom is 0.271 e. The number of amides is 1. The van der Waals surface area contributed by atoms with Gasteiger partial charge in [-0.15, -0.1) is 0 Å². The van der Waals surface area contributed by atoms with Crippen molar-refractivity contribution in [3.05, 3.63) is 63.1 Å². The molecule has 22 heavy (non-hydrogen) atoms. The molecule has 0 aromatic heterocycles. The Morgan fingerprint density at radius 3 is 2.41 bits per heavy atom. The van der Waals surface area contributed by atoms with Crippen molar-refractivity contribution in [2.45, 2.75) is 6.92 Å². The number of nitrogens with one attached hydrogen (secondary N) is 1. The van der Waals surface area contributed by atoms with Gasteiger partial charge in [0.1, 0.15) is 5.75 Å². The molecule has 0 unspecified atom stereocenters. The monoisotopic (exact) mass is 380 g/mol. The van der Waals surface area contributed by atoms with Crippen molar-refractivity contribution < 1.29 is 9.53 Å². The summed E-state index contributed by atoms with van der Waals surface area (Å²) in [5.41, 5.74) is 4.60. The summed E-state index contributed by atoms with van der Waals surface area (Å²) in [4.78, 5) is 12.1. The van der Waals surface area contributed by atoms with Gasteiger partial charge in [-0.3, -0.25) is 4.79 Å². The molecule has 4 nitrogen and oxygen atoms in total. The van der Waals surface area contributed by atoms with Gasteiger partial charge in [0.15, 0.2) is 0 Å². The minimum atomic E-state index is -0.295. The summed E-state index contributed by atoms with van der Waals surface area (Å²) >= 11 is 9.18. The van der Waals surface area contributed by atoms with Crippen LogP contribution in [0.25, 0.3) is 0 Å². The Balaban J connectivity index is 2.10. The van der Waals surface area contributed by atoms with Crippen LogP contribution < -0.4 is 10.2 Å². The number of nitrogens with zero attached hydrogens (tertiary/aromatic N) is 1. The number of methoxy groups -OCH3 is 1. The number of carbonyl (C=O) groups is 1. The van der Waals surface area contributed by atoms with Gasteiger partial charge in [0, 0.05) is 10.6 Å². The van der Waals surface area contributed by atoms with Crippen LogP contribution in [0.3, 0.4) is 0 Å². The average Bonchev–Trinajstić information content (AvgIpc) is 2.52.